The van der Waals surface area contributed by atoms with Gasteiger partial charge in [0.1, 0.15) is 0 Å². The number of rotatable bonds is 3. The molecule has 3 nitrogen and oxygen atoms in total. The number of nitrogens with one attached hydrogen (secondary N) is 1. The molecule has 0 aliphatic heterocycles. The second-order valence-corrected chi connectivity index (χ2v) is 5.16. The number of aryl methyl sites for hydroxylation is 3. The van der Waals surface area contributed by atoms with E-state index in [1.807, 2.05) is 30.8 Å². The Labute approximate surface area is 93.7 Å². The first kappa shape index (κ1) is 10.2. The molecule has 0 amide bonds. The third kappa shape index (κ3) is 2.39. The Kier molecular flexibility index (Phi) is 2.77. The van der Waals surface area contributed by atoms with Gasteiger partial charge in [-0.2, -0.15) is 5.10 Å². The minimum absolute atomic E-state index is 0.877. The number of hydrogen-bond acceptors (Lipinski definition) is 3. The van der Waals surface area contributed by atoms with Crippen molar-refractivity contribution in [3.63, 3.8) is 0 Å². The lowest BCUT2D eigenvalue weighted by atomic mass is 10.2. The first-order chi connectivity index (χ1) is 7.15. The molecule has 15 heavy (non-hydrogen) atoms. The van der Waals surface area contributed by atoms with E-state index >= 15 is 0 Å². The molecule has 0 fully saturated rings. The molecule has 2 aromatic heterocycles. The molecule has 0 aliphatic rings. The van der Waals surface area contributed by atoms with Crippen LogP contribution in [0.1, 0.15) is 15.3 Å². The van der Waals surface area contributed by atoms with Crippen LogP contribution in [-0.4, -0.2) is 9.78 Å². The molecule has 0 radical (unpaired) electrons. The largest absolute Gasteiger partial charge is 0.378 e. The highest BCUT2D eigenvalue weighted by molar-refractivity contribution is 7.12. The van der Waals surface area contributed by atoms with Crippen LogP contribution in [0.15, 0.2) is 18.5 Å². The van der Waals surface area contributed by atoms with Crippen molar-refractivity contribution in [1.29, 1.82) is 0 Å². The van der Waals surface area contributed by atoms with Crippen molar-refractivity contribution in [3.05, 3.63) is 33.8 Å². The molecular weight excluding hydrogens is 206 g/mol. The van der Waals surface area contributed by atoms with Crippen molar-refractivity contribution in [2.75, 3.05) is 5.32 Å². The quantitative estimate of drug-likeness (QED) is 0.863. The average molecular weight is 221 g/mol. The molecule has 2 aromatic rings. The minimum Gasteiger partial charge on any atom is -0.378 e. The maximum Gasteiger partial charge on any atom is 0.0729 e. The van der Waals surface area contributed by atoms with Gasteiger partial charge in [0.2, 0.25) is 0 Å². The van der Waals surface area contributed by atoms with Crippen molar-refractivity contribution in [3.8, 4) is 0 Å². The molecule has 0 saturated carbocycles. The predicted octanol–water partition coefficient (Wildman–Crippen LogP) is 2.71. The van der Waals surface area contributed by atoms with E-state index in [2.05, 4.69) is 30.3 Å². The number of thiophene rings is 1. The molecule has 2 heterocycles. The van der Waals surface area contributed by atoms with Crippen molar-refractivity contribution >= 4 is 17.0 Å². The number of aromatic nitrogens is 2. The van der Waals surface area contributed by atoms with Gasteiger partial charge in [-0.25, -0.2) is 0 Å². The molecule has 0 saturated heterocycles. The van der Waals surface area contributed by atoms with Crippen LogP contribution in [0.4, 0.5) is 5.69 Å². The van der Waals surface area contributed by atoms with Gasteiger partial charge in [-0.3, -0.25) is 4.68 Å². The van der Waals surface area contributed by atoms with Gasteiger partial charge in [-0.15, -0.1) is 11.3 Å². The fraction of sp³-hybridized carbons (Fsp3) is 0.364. The Morgan fingerprint density at radius 1 is 1.47 bits per heavy atom. The smallest absolute Gasteiger partial charge is 0.0729 e. The third-order valence-corrected chi connectivity index (χ3v) is 3.34. The van der Waals surface area contributed by atoms with Crippen molar-refractivity contribution < 1.29 is 0 Å². The van der Waals surface area contributed by atoms with Crippen molar-refractivity contribution in [2.24, 2.45) is 7.05 Å². The highest BCUT2D eigenvalue weighted by atomic mass is 32.1. The minimum atomic E-state index is 0.877. The molecule has 0 unspecified atom stereocenters. The highest BCUT2D eigenvalue weighted by Gasteiger charge is 2.02. The van der Waals surface area contributed by atoms with Crippen LogP contribution in [0.5, 0.6) is 0 Å². The molecule has 4 heteroatoms. The van der Waals surface area contributed by atoms with Gasteiger partial charge in [0, 0.05) is 29.5 Å². The van der Waals surface area contributed by atoms with Gasteiger partial charge in [0.05, 0.1) is 11.9 Å². The molecule has 0 spiro atoms. The van der Waals surface area contributed by atoms with E-state index in [4.69, 9.17) is 0 Å². The summed E-state index contributed by atoms with van der Waals surface area (Å²) < 4.78 is 1.80. The Hall–Kier alpha value is -1.29. The molecule has 80 valence electrons. The van der Waals surface area contributed by atoms with Gasteiger partial charge in [0.15, 0.2) is 0 Å². The van der Waals surface area contributed by atoms with E-state index in [-0.39, 0.29) is 0 Å². The molecule has 0 atom stereocenters. The summed E-state index contributed by atoms with van der Waals surface area (Å²) in [7, 11) is 1.92. The number of nitrogens with zero attached hydrogens (tertiary/aromatic N) is 2. The summed E-state index contributed by atoms with van der Waals surface area (Å²) in [6.07, 6.45) is 3.82. The zero-order valence-electron chi connectivity index (χ0n) is 9.24. The monoisotopic (exact) mass is 221 g/mol. The Morgan fingerprint density at radius 3 is 2.80 bits per heavy atom. The number of hydrogen-bond donors (Lipinski definition) is 1. The van der Waals surface area contributed by atoms with Gasteiger partial charge in [0.25, 0.3) is 0 Å². The van der Waals surface area contributed by atoms with Crippen LogP contribution in [0.25, 0.3) is 0 Å². The lowest BCUT2D eigenvalue weighted by Crippen LogP contribution is -1.98. The molecule has 0 aromatic carbocycles. The van der Waals surface area contributed by atoms with Crippen molar-refractivity contribution in [2.45, 2.75) is 20.4 Å². The normalized spacial score (nSPS) is 10.6. The first-order valence-electron chi connectivity index (χ1n) is 4.93. The van der Waals surface area contributed by atoms with E-state index in [0.29, 0.717) is 0 Å². The maximum atomic E-state index is 4.11. The first-order valence-corrected chi connectivity index (χ1v) is 5.75. The summed E-state index contributed by atoms with van der Waals surface area (Å²) >= 11 is 1.85. The Morgan fingerprint density at radius 2 is 2.27 bits per heavy atom. The standard InChI is InChI=1S/C11H15N3S/c1-8-4-10(9(2)15-8)5-12-11-6-13-14(3)7-11/h4,6-7,12H,5H2,1-3H3. The fourth-order valence-corrected chi connectivity index (χ4v) is 2.52. The topological polar surface area (TPSA) is 29.9 Å². The summed E-state index contributed by atoms with van der Waals surface area (Å²) in [4.78, 5) is 2.76. The summed E-state index contributed by atoms with van der Waals surface area (Å²) in [6.45, 7) is 5.19. The van der Waals surface area contributed by atoms with Crippen LogP contribution < -0.4 is 5.32 Å². The molecule has 0 bridgehead atoms. The third-order valence-electron chi connectivity index (χ3n) is 2.33. The zero-order valence-corrected chi connectivity index (χ0v) is 10.1. The van der Waals surface area contributed by atoms with Gasteiger partial charge < -0.3 is 5.32 Å². The zero-order chi connectivity index (χ0) is 10.8. The van der Waals surface area contributed by atoms with Crippen LogP contribution in [0.2, 0.25) is 0 Å². The second kappa shape index (κ2) is 4.06. The summed E-state index contributed by atoms with van der Waals surface area (Å²) in [6, 6.07) is 2.24. The van der Waals surface area contributed by atoms with Gasteiger partial charge >= 0.3 is 0 Å². The summed E-state index contributed by atoms with van der Waals surface area (Å²) in [5, 5.41) is 7.47. The number of anilines is 1. The van der Waals surface area contributed by atoms with Crippen LogP contribution in [-0.2, 0) is 13.6 Å². The predicted molar refractivity (Wildman–Crippen MR) is 64.3 cm³/mol. The van der Waals surface area contributed by atoms with Crippen molar-refractivity contribution in [1.82, 2.24) is 9.78 Å². The lowest BCUT2D eigenvalue weighted by molar-refractivity contribution is 0.768. The van der Waals surface area contributed by atoms with E-state index in [9.17, 15) is 0 Å². The SMILES string of the molecule is Cc1cc(CNc2cnn(C)c2)c(C)s1. The van der Waals surface area contributed by atoms with Crippen LogP contribution in [0.3, 0.4) is 0 Å². The van der Waals surface area contributed by atoms with Crippen LogP contribution >= 0.6 is 11.3 Å². The highest BCUT2D eigenvalue weighted by Crippen LogP contribution is 2.21. The molecule has 1 N–H and O–H groups in total. The molecule has 2 rings (SSSR count). The summed E-state index contributed by atoms with van der Waals surface area (Å²) in [5.41, 5.74) is 2.45. The molecule has 0 aliphatic carbocycles. The molecular formula is C11H15N3S. The lowest BCUT2D eigenvalue weighted by Gasteiger charge is -2.01. The van der Waals surface area contributed by atoms with Gasteiger partial charge in [-0.05, 0) is 25.5 Å². The second-order valence-electron chi connectivity index (χ2n) is 3.69. The van der Waals surface area contributed by atoms with E-state index in [1.165, 1.54) is 15.3 Å². The Bertz CT molecular complexity index is 456. The van der Waals surface area contributed by atoms with E-state index in [0.717, 1.165) is 12.2 Å². The van der Waals surface area contributed by atoms with E-state index in [1.54, 1.807) is 4.68 Å². The fourth-order valence-electron chi connectivity index (χ4n) is 1.57. The van der Waals surface area contributed by atoms with E-state index < -0.39 is 0 Å². The van der Waals surface area contributed by atoms with Gasteiger partial charge in [-0.1, -0.05) is 0 Å². The Balaban J connectivity index is 2.01. The maximum absolute atomic E-state index is 4.11. The van der Waals surface area contributed by atoms with Crippen LogP contribution in [0, 0.1) is 13.8 Å². The average Bonchev–Trinajstić information content (AvgIpc) is 2.70. The summed E-state index contributed by atoms with van der Waals surface area (Å²) in [5.74, 6) is 0.